The summed E-state index contributed by atoms with van der Waals surface area (Å²) < 4.78 is 5.25. The minimum atomic E-state index is -0.437. The van der Waals surface area contributed by atoms with E-state index in [4.69, 9.17) is 4.42 Å². The van der Waals surface area contributed by atoms with Crippen molar-refractivity contribution in [3.8, 4) is 0 Å². The fourth-order valence-corrected chi connectivity index (χ4v) is 0.931. The molecule has 13 heavy (non-hydrogen) atoms. The number of nitro groups is 1. The van der Waals surface area contributed by atoms with Crippen LogP contribution < -0.4 is 0 Å². The fourth-order valence-electron chi connectivity index (χ4n) is 0.931. The minimum Gasteiger partial charge on any atom is -0.461 e. The second kappa shape index (κ2) is 3.43. The van der Waals surface area contributed by atoms with Crippen LogP contribution in [0.1, 0.15) is 24.0 Å². The summed E-state index contributed by atoms with van der Waals surface area (Å²) in [5.74, 6) is 1.33. The molecule has 0 amide bonds. The zero-order valence-electron chi connectivity index (χ0n) is 7.83. The van der Waals surface area contributed by atoms with Gasteiger partial charge in [0.15, 0.2) is 0 Å². The summed E-state index contributed by atoms with van der Waals surface area (Å²) >= 11 is 0. The van der Waals surface area contributed by atoms with Crippen molar-refractivity contribution in [2.75, 3.05) is 0 Å². The van der Waals surface area contributed by atoms with Crippen molar-refractivity contribution in [1.29, 1.82) is 0 Å². The third kappa shape index (κ3) is 2.18. The highest BCUT2D eigenvalue weighted by Gasteiger charge is 2.06. The zero-order chi connectivity index (χ0) is 10.0. The lowest BCUT2D eigenvalue weighted by Crippen LogP contribution is -1.92. The molecule has 70 valence electrons. The number of hydrogen-bond acceptors (Lipinski definition) is 3. The van der Waals surface area contributed by atoms with Gasteiger partial charge >= 0.3 is 0 Å². The van der Waals surface area contributed by atoms with Gasteiger partial charge in [0, 0.05) is 6.92 Å². The molecule has 0 fully saturated rings. The molecule has 4 nitrogen and oxygen atoms in total. The SMILES string of the molecule is CC(=Cc1cc(C)c(C)o1)[N+](=O)[O-]. The van der Waals surface area contributed by atoms with Crippen LogP contribution in [0.15, 0.2) is 16.2 Å². The van der Waals surface area contributed by atoms with Gasteiger partial charge in [0.1, 0.15) is 11.5 Å². The van der Waals surface area contributed by atoms with E-state index in [1.165, 1.54) is 13.0 Å². The first-order valence-electron chi connectivity index (χ1n) is 3.90. The van der Waals surface area contributed by atoms with Gasteiger partial charge in [-0.3, -0.25) is 10.1 Å². The maximum atomic E-state index is 10.3. The summed E-state index contributed by atoms with van der Waals surface area (Å²) in [6.07, 6.45) is 1.42. The zero-order valence-corrected chi connectivity index (χ0v) is 7.83. The van der Waals surface area contributed by atoms with Crippen molar-refractivity contribution in [3.63, 3.8) is 0 Å². The normalized spacial score (nSPS) is 11.8. The third-order valence-corrected chi connectivity index (χ3v) is 1.82. The van der Waals surface area contributed by atoms with Crippen LogP contribution in [-0.4, -0.2) is 4.92 Å². The number of hydrogen-bond donors (Lipinski definition) is 0. The summed E-state index contributed by atoms with van der Waals surface area (Å²) in [5, 5.41) is 10.3. The van der Waals surface area contributed by atoms with E-state index in [0.717, 1.165) is 11.3 Å². The van der Waals surface area contributed by atoms with Gasteiger partial charge in [-0.1, -0.05) is 0 Å². The molecule has 0 radical (unpaired) electrons. The number of rotatable bonds is 2. The molecule has 0 aromatic carbocycles. The number of aryl methyl sites for hydroxylation is 2. The van der Waals surface area contributed by atoms with Crippen LogP contribution >= 0.6 is 0 Å². The Kier molecular flexibility index (Phi) is 2.51. The Hall–Kier alpha value is -1.58. The highest BCUT2D eigenvalue weighted by molar-refractivity contribution is 5.46. The van der Waals surface area contributed by atoms with E-state index < -0.39 is 4.92 Å². The van der Waals surface area contributed by atoms with Crippen molar-refractivity contribution in [2.45, 2.75) is 20.8 Å². The standard InChI is InChI=1S/C9H11NO3/c1-6-4-9(13-8(6)3)5-7(2)10(11)12/h4-5H,1-3H3. The molecule has 0 bridgehead atoms. The van der Waals surface area contributed by atoms with Crippen molar-refractivity contribution in [1.82, 2.24) is 0 Å². The van der Waals surface area contributed by atoms with Gasteiger partial charge in [-0.25, -0.2) is 0 Å². The molecule has 0 aliphatic rings. The van der Waals surface area contributed by atoms with Crippen molar-refractivity contribution in [2.24, 2.45) is 0 Å². The van der Waals surface area contributed by atoms with Crippen molar-refractivity contribution in [3.05, 3.63) is 39.0 Å². The van der Waals surface area contributed by atoms with Gasteiger partial charge in [-0.2, -0.15) is 0 Å². The topological polar surface area (TPSA) is 56.3 Å². The van der Waals surface area contributed by atoms with E-state index >= 15 is 0 Å². The molecule has 0 aliphatic carbocycles. The Morgan fingerprint density at radius 2 is 2.23 bits per heavy atom. The Bertz CT molecular complexity index is 343. The summed E-state index contributed by atoms with van der Waals surface area (Å²) in [6, 6.07) is 1.78. The van der Waals surface area contributed by atoms with E-state index in [2.05, 4.69) is 0 Å². The molecule has 1 heterocycles. The van der Waals surface area contributed by atoms with Gasteiger partial charge in [-0.05, 0) is 25.5 Å². The number of allylic oxidation sites excluding steroid dienone is 1. The quantitative estimate of drug-likeness (QED) is 0.520. The molecule has 4 heteroatoms. The van der Waals surface area contributed by atoms with Crippen LogP contribution in [0, 0.1) is 24.0 Å². The largest absolute Gasteiger partial charge is 0.461 e. The molecular weight excluding hydrogens is 170 g/mol. The first-order valence-corrected chi connectivity index (χ1v) is 3.90. The third-order valence-electron chi connectivity index (χ3n) is 1.82. The molecule has 0 spiro atoms. The highest BCUT2D eigenvalue weighted by Crippen LogP contribution is 2.15. The maximum Gasteiger partial charge on any atom is 0.246 e. The second-order valence-corrected chi connectivity index (χ2v) is 2.93. The van der Waals surface area contributed by atoms with Gasteiger partial charge < -0.3 is 4.42 Å². The molecule has 1 rings (SSSR count). The predicted octanol–water partition coefficient (Wildman–Crippen LogP) is 2.53. The summed E-state index contributed by atoms with van der Waals surface area (Å²) in [6.45, 7) is 5.17. The van der Waals surface area contributed by atoms with Crippen LogP contribution in [0.2, 0.25) is 0 Å². The summed E-state index contributed by atoms with van der Waals surface area (Å²) in [5.41, 5.74) is 1.08. The van der Waals surface area contributed by atoms with E-state index in [1.54, 1.807) is 6.07 Å². The van der Waals surface area contributed by atoms with Crippen molar-refractivity contribution < 1.29 is 9.34 Å². The molecule has 0 N–H and O–H groups in total. The van der Waals surface area contributed by atoms with Crippen LogP contribution in [0.3, 0.4) is 0 Å². The molecule has 0 saturated carbocycles. The maximum absolute atomic E-state index is 10.3. The Morgan fingerprint density at radius 1 is 1.62 bits per heavy atom. The highest BCUT2D eigenvalue weighted by atomic mass is 16.6. The van der Waals surface area contributed by atoms with Crippen LogP contribution in [0.25, 0.3) is 6.08 Å². The van der Waals surface area contributed by atoms with Gasteiger partial charge in [-0.15, -0.1) is 0 Å². The second-order valence-electron chi connectivity index (χ2n) is 2.93. The Morgan fingerprint density at radius 3 is 2.62 bits per heavy atom. The molecule has 0 unspecified atom stereocenters. The average molecular weight is 181 g/mol. The van der Waals surface area contributed by atoms with E-state index in [0.29, 0.717) is 5.76 Å². The predicted molar refractivity (Wildman–Crippen MR) is 48.8 cm³/mol. The van der Waals surface area contributed by atoms with Crippen LogP contribution in [-0.2, 0) is 0 Å². The molecule has 0 atom stereocenters. The van der Waals surface area contributed by atoms with E-state index in [1.807, 2.05) is 13.8 Å². The molecule has 1 aromatic heterocycles. The lowest BCUT2D eigenvalue weighted by Gasteiger charge is -1.87. The van der Waals surface area contributed by atoms with Crippen LogP contribution in [0.5, 0.6) is 0 Å². The Labute approximate surface area is 76.0 Å². The minimum absolute atomic E-state index is 0.0775. The monoisotopic (exact) mass is 181 g/mol. The van der Waals surface area contributed by atoms with Gasteiger partial charge in [0.2, 0.25) is 5.70 Å². The first-order chi connectivity index (χ1) is 6.00. The molecular formula is C9H11NO3. The lowest BCUT2D eigenvalue weighted by molar-refractivity contribution is -0.422. The summed E-state index contributed by atoms with van der Waals surface area (Å²) in [4.78, 5) is 9.85. The molecule has 1 aromatic rings. The Balaban J connectivity index is 2.98. The van der Waals surface area contributed by atoms with E-state index in [-0.39, 0.29) is 5.70 Å². The van der Waals surface area contributed by atoms with Gasteiger partial charge in [0.25, 0.3) is 0 Å². The average Bonchev–Trinajstić information content (AvgIpc) is 2.31. The van der Waals surface area contributed by atoms with Crippen molar-refractivity contribution >= 4 is 6.08 Å². The molecule has 0 aliphatic heterocycles. The first kappa shape index (κ1) is 9.51. The van der Waals surface area contributed by atoms with Gasteiger partial charge in [0.05, 0.1) is 11.0 Å². The van der Waals surface area contributed by atoms with Crippen LogP contribution in [0.4, 0.5) is 0 Å². The number of furan rings is 1. The molecule has 0 saturated heterocycles. The lowest BCUT2D eigenvalue weighted by atomic mass is 10.3. The van der Waals surface area contributed by atoms with E-state index in [9.17, 15) is 10.1 Å². The fraction of sp³-hybridized carbons (Fsp3) is 0.333. The smallest absolute Gasteiger partial charge is 0.246 e. The summed E-state index contributed by atoms with van der Waals surface area (Å²) in [7, 11) is 0. The number of nitrogens with zero attached hydrogens (tertiary/aromatic N) is 1.